The average Bonchev–Trinajstić information content (AvgIpc) is 2.72. The Morgan fingerprint density at radius 3 is 2.79 bits per heavy atom. The SMILES string of the molecule is CC(C)N(C)CCn1c(CCl)nc2ccc(Br)cc21. The van der Waals surface area contributed by atoms with Gasteiger partial charge in [0.05, 0.1) is 16.9 Å². The number of nitrogens with zero attached hydrogens (tertiary/aromatic N) is 3. The van der Waals surface area contributed by atoms with E-state index >= 15 is 0 Å². The summed E-state index contributed by atoms with van der Waals surface area (Å²) in [5, 5.41) is 0. The van der Waals surface area contributed by atoms with E-state index in [2.05, 4.69) is 57.3 Å². The van der Waals surface area contributed by atoms with Crippen molar-refractivity contribution in [2.45, 2.75) is 32.3 Å². The number of halogens is 2. The summed E-state index contributed by atoms with van der Waals surface area (Å²) in [4.78, 5) is 6.91. The maximum absolute atomic E-state index is 6.01. The molecule has 1 aromatic carbocycles. The molecule has 0 N–H and O–H groups in total. The fourth-order valence-electron chi connectivity index (χ4n) is 2.01. The molecule has 0 fully saturated rings. The Kier molecular flexibility index (Phi) is 4.87. The van der Waals surface area contributed by atoms with E-state index in [0.717, 1.165) is 34.4 Å². The van der Waals surface area contributed by atoms with Crippen LogP contribution in [0.2, 0.25) is 0 Å². The second-order valence-corrected chi connectivity index (χ2v) is 6.20. The fraction of sp³-hybridized carbons (Fsp3) is 0.500. The van der Waals surface area contributed by atoms with Crippen LogP contribution in [0.4, 0.5) is 0 Å². The number of rotatable bonds is 5. The van der Waals surface area contributed by atoms with Crippen LogP contribution in [0.5, 0.6) is 0 Å². The van der Waals surface area contributed by atoms with Gasteiger partial charge in [0.15, 0.2) is 0 Å². The van der Waals surface area contributed by atoms with Gasteiger partial charge in [0.2, 0.25) is 0 Å². The van der Waals surface area contributed by atoms with Gasteiger partial charge < -0.3 is 9.47 Å². The van der Waals surface area contributed by atoms with Gasteiger partial charge in [0, 0.05) is 23.6 Å². The largest absolute Gasteiger partial charge is 0.326 e. The first-order valence-electron chi connectivity index (χ1n) is 6.43. The molecule has 0 spiro atoms. The van der Waals surface area contributed by atoms with Crippen LogP contribution in [0, 0.1) is 0 Å². The number of imidazole rings is 1. The van der Waals surface area contributed by atoms with Crippen LogP contribution in [0.15, 0.2) is 22.7 Å². The van der Waals surface area contributed by atoms with E-state index in [0.29, 0.717) is 11.9 Å². The first-order valence-corrected chi connectivity index (χ1v) is 7.76. The molecule has 5 heteroatoms. The van der Waals surface area contributed by atoms with Gasteiger partial charge in [-0.25, -0.2) is 4.98 Å². The zero-order chi connectivity index (χ0) is 14.0. The minimum atomic E-state index is 0.442. The summed E-state index contributed by atoms with van der Waals surface area (Å²) in [6.07, 6.45) is 0. The molecule has 0 amide bonds. The minimum absolute atomic E-state index is 0.442. The minimum Gasteiger partial charge on any atom is -0.326 e. The third kappa shape index (κ3) is 3.30. The van der Waals surface area contributed by atoms with E-state index in [-0.39, 0.29) is 0 Å². The highest BCUT2D eigenvalue weighted by Gasteiger charge is 2.11. The molecule has 0 aliphatic rings. The van der Waals surface area contributed by atoms with Crippen molar-refractivity contribution in [3.8, 4) is 0 Å². The normalized spacial score (nSPS) is 11.9. The molecule has 0 bridgehead atoms. The van der Waals surface area contributed by atoms with Gasteiger partial charge in [-0.1, -0.05) is 15.9 Å². The lowest BCUT2D eigenvalue weighted by Gasteiger charge is -2.21. The lowest BCUT2D eigenvalue weighted by Crippen LogP contribution is -2.30. The van der Waals surface area contributed by atoms with Gasteiger partial charge in [-0.05, 0) is 39.1 Å². The molecule has 0 saturated carbocycles. The molecule has 0 atom stereocenters. The molecule has 104 valence electrons. The van der Waals surface area contributed by atoms with Gasteiger partial charge >= 0.3 is 0 Å². The standard InChI is InChI=1S/C14H19BrClN3/c1-10(2)18(3)6-7-19-13-8-11(15)4-5-12(13)17-14(19)9-16/h4-5,8,10H,6-7,9H2,1-3H3. The van der Waals surface area contributed by atoms with Crippen molar-refractivity contribution in [2.24, 2.45) is 0 Å². The van der Waals surface area contributed by atoms with Gasteiger partial charge in [0.1, 0.15) is 5.82 Å². The third-order valence-electron chi connectivity index (χ3n) is 3.47. The highest BCUT2D eigenvalue weighted by molar-refractivity contribution is 9.10. The fourth-order valence-corrected chi connectivity index (χ4v) is 2.57. The third-order valence-corrected chi connectivity index (χ3v) is 4.20. The summed E-state index contributed by atoms with van der Waals surface area (Å²) in [7, 11) is 2.14. The molecule has 0 radical (unpaired) electrons. The van der Waals surface area contributed by atoms with Gasteiger partial charge in [-0.15, -0.1) is 11.6 Å². The monoisotopic (exact) mass is 343 g/mol. The number of aromatic nitrogens is 2. The predicted molar refractivity (Wildman–Crippen MR) is 84.8 cm³/mol. The molecular formula is C14H19BrClN3. The van der Waals surface area contributed by atoms with Crippen molar-refractivity contribution in [1.29, 1.82) is 0 Å². The number of likely N-dealkylation sites (N-methyl/N-ethyl adjacent to an activating group) is 1. The second-order valence-electron chi connectivity index (χ2n) is 5.02. The van der Waals surface area contributed by atoms with Crippen LogP contribution in [-0.2, 0) is 12.4 Å². The second kappa shape index (κ2) is 6.25. The number of fused-ring (bicyclic) bond motifs is 1. The van der Waals surface area contributed by atoms with Crippen molar-refractivity contribution in [1.82, 2.24) is 14.5 Å². The number of hydrogen-bond donors (Lipinski definition) is 0. The number of benzene rings is 1. The van der Waals surface area contributed by atoms with Gasteiger partial charge in [0.25, 0.3) is 0 Å². The molecule has 0 aliphatic heterocycles. The maximum Gasteiger partial charge on any atom is 0.124 e. The molecule has 1 heterocycles. The molecule has 3 nitrogen and oxygen atoms in total. The lowest BCUT2D eigenvalue weighted by atomic mass is 10.3. The van der Waals surface area contributed by atoms with Crippen molar-refractivity contribution < 1.29 is 0 Å². The van der Waals surface area contributed by atoms with E-state index < -0.39 is 0 Å². The van der Waals surface area contributed by atoms with Crippen LogP contribution in [0.1, 0.15) is 19.7 Å². The summed E-state index contributed by atoms with van der Waals surface area (Å²) in [5.41, 5.74) is 2.15. The zero-order valence-electron chi connectivity index (χ0n) is 11.5. The quantitative estimate of drug-likeness (QED) is 0.768. The molecular weight excluding hydrogens is 326 g/mol. The van der Waals surface area contributed by atoms with Crippen LogP contribution < -0.4 is 0 Å². The molecule has 19 heavy (non-hydrogen) atoms. The van der Waals surface area contributed by atoms with E-state index in [4.69, 9.17) is 11.6 Å². The molecule has 0 aliphatic carbocycles. The van der Waals surface area contributed by atoms with Crippen molar-refractivity contribution in [2.75, 3.05) is 13.6 Å². The summed E-state index contributed by atoms with van der Waals surface area (Å²) >= 11 is 9.53. The summed E-state index contributed by atoms with van der Waals surface area (Å²) < 4.78 is 3.28. The lowest BCUT2D eigenvalue weighted by molar-refractivity contribution is 0.263. The van der Waals surface area contributed by atoms with Gasteiger partial charge in [-0.2, -0.15) is 0 Å². The topological polar surface area (TPSA) is 21.1 Å². The Hall–Kier alpha value is -0.580. The molecule has 2 rings (SSSR count). The number of hydrogen-bond acceptors (Lipinski definition) is 2. The maximum atomic E-state index is 6.01. The molecule has 1 aromatic heterocycles. The van der Waals surface area contributed by atoms with Crippen LogP contribution in [0.25, 0.3) is 11.0 Å². The molecule has 0 unspecified atom stereocenters. The Bertz CT molecular complexity index is 565. The van der Waals surface area contributed by atoms with E-state index in [1.165, 1.54) is 0 Å². The van der Waals surface area contributed by atoms with Crippen molar-refractivity contribution >= 4 is 38.6 Å². The van der Waals surface area contributed by atoms with Crippen LogP contribution >= 0.6 is 27.5 Å². The Labute approximate surface area is 127 Å². The van der Waals surface area contributed by atoms with Crippen LogP contribution in [0.3, 0.4) is 0 Å². The summed E-state index contributed by atoms with van der Waals surface area (Å²) in [5.74, 6) is 1.38. The Morgan fingerprint density at radius 1 is 1.42 bits per heavy atom. The Morgan fingerprint density at radius 2 is 2.16 bits per heavy atom. The smallest absolute Gasteiger partial charge is 0.124 e. The van der Waals surface area contributed by atoms with Gasteiger partial charge in [-0.3, -0.25) is 0 Å². The van der Waals surface area contributed by atoms with Crippen LogP contribution in [-0.4, -0.2) is 34.1 Å². The predicted octanol–water partition coefficient (Wildman–Crippen LogP) is 3.88. The zero-order valence-corrected chi connectivity index (χ0v) is 13.9. The van der Waals surface area contributed by atoms with E-state index in [1.807, 2.05) is 12.1 Å². The highest BCUT2D eigenvalue weighted by Crippen LogP contribution is 2.22. The van der Waals surface area contributed by atoms with Crippen molar-refractivity contribution in [3.63, 3.8) is 0 Å². The number of alkyl halides is 1. The molecule has 2 aromatic rings. The summed E-state index contributed by atoms with van der Waals surface area (Å²) in [6, 6.07) is 6.69. The van der Waals surface area contributed by atoms with E-state index in [1.54, 1.807) is 0 Å². The Balaban J connectivity index is 2.31. The summed E-state index contributed by atoms with van der Waals surface area (Å²) in [6.45, 7) is 6.29. The first-order chi connectivity index (χ1) is 9.02. The molecule has 0 saturated heterocycles. The average molecular weight is 345 g/mol. The first kappa shape index (κ1) is 14.8. The van der Waals surface area contributed by atoms with Crippen molar-refractivity contribution in [3.05, 3.63) is 28.5 Å². The van der Waals surface area contributed by atoms with E-state index in [9.17, 15) is 0 Å². The highest BCUT2D eigenvalue weighted by atomic mass is 79.9.